The van der Waals surface area contributed by atoms with Crippen LogP contribution in [-0.4, -0.2) is 25.3 Å². The Morgan fingerprint density at radius 3 is 2.50 bits per heavy atom. The van der Waals surface area contributed by atoms with Gasteiger partial charge < -0.3 is 14.2 Å². The summed E-state index contributed by atoms with van der Waals surface area (Å²) in [4.78, 5) is 12.0. The summed E-state index contributed by atoms with van der Waals surface area (Å²) in [5.74, 6) is -4.50. The second-order valence-electron chi connectivity index (χ2n) is 5.52. The maximum absolute atomic E-state index is 14.2. The molecule has 1 fully saturated rings. The number of halogens is 4. The topological polar surface area (TPSA) is 44.8 Å². The van der Waals surface area contributed by atoms with Gasteiger partial charge in [-0.15, -0.1) is 0 Å². The molecule has 1 saturated heterocycles. The zero-order valence-corrected chi connectivity index (χ0v) is 13.3. The molecule has 0 amide bonds. The summed E-state index contributed by atoms with van der Waals surface area (Å²) in [6.07, 6.45) is -3.86. The minimum Gasteiger partial charge on any atom is -0.493 e. The van der Waals surface area contributed by atoms with E-state index >= 15 is 0 Å². The van der Waals surface area contributed by atoms with Crippen molar-refractivity contribution in [2.24, 2.45) is 5.92 Å². The highest BCUT2D eigenvalue weighted by Gasteiger charge is 2.40. The van der Waals surface area contributed by atoms with Crippen LogP contribution in [0.3, 0.4) is 0 Å². The Morgan fingerprint density at radius 1 is 1.29 bits per heavy atom. The fourth-order valence-corrected chi connectivity index (χ4v) is 2.42. The molecule has 0 aliphatic carbocycles. The van der Waals surface area contributed by atoms with Gasteiger partial charge in [-0.25, -0.2) is 4.39 Å². The zero-order chi connectivity index (χ0) is 17.9. The molecule has 1 aliphatic rings. The average Bonchev–Trinajstić information content (AvgIpc) is 2.49. The molecule has 1 aliphatic heterocycles. The first-order valence-corrected chi connectivity index (χ1v) is 7.59. The van der Waals surface area contributed by atoms with Gasteiger partial charge in [0.25, 0.3) is 0 Å². The smallest absolute Gasteiger partial charge is 0.422 e. The van der Waals surface area contributed by atoms with Gasteiger partial charge in [-0.3, -0.25) is 4.79 Å². The van der Waals surface area contributed by atoms with E-state index in [1.807, 2.05) is 6.92 Å². The van der Waals surface area contributed by atoms with Crippen LogP contribution in [0.1, 0.15) is 32.3 Å². The molecule has 2 atom stereocenters. The third kappa shape index (κ3) is 4.17. The number of carbonyl (C=O) groups excluding carboxylic acids is 1. The highest BCUT2D eigenvalue weighted by atomic mass is 19.4. The molecule has 2 unspecified atom stereocenters. The van der Waals surface area contributed by atoms with Crippen LogP contribution in [0.4, 0.5) is 17.6 Å². The number of rotatable bonds is 4. The van der Waals surface area contributed by atoms with Crippen molar-refractivity contribution >= 4 is 5.97 Å². The van der Waals surface area contributed by atoms with Crippen molar-refractivity contribution in [1.82, 2.24) is 0 Å². The molecule has 0 aromatic heterocycles. The molecule has 134 valence electrons. The van der Waals surface area contributed by atoms with Crippen molar-refractivity contribution in [3.05, 3.63) is 23.5 Å². The second-order valence-corrected chi connectivity index (χ2v) is 5.52. The van der Waals surface area contributed by atoms with Crippen molar-refractivity contribution in [3.63, 3.8) is 0 Å². The Balaban J connectivity index is 2.23. The Bertz CT molecular complexity index is 592. The molecular weight excluding hydrogens is 332 g/mol. The second kappa shape index (κ2) is 7.38. The van der Waals surface area contributed by atoms with Crippen LogP contribution >= 0.6 is 0 Å². The van der Waals surface area contributed by atoms with Gasteiger partial charge in [0.1, 0.15) is 11.3 Å². The van der Waals surface area contributed by atoms with Gasteiger partial charge >= 0.3 is 12.1 Å². The van der Waals surface area contributed by atoms with Gasteiger partial charge in [0.15, 0.2) is 11.6 Å². The third-order valence-corrected chi connectivity index (χ3v) is 3.70. The molecule has 0 bridgehead atoms. The van der Waals surface area contributed by atoms with E-state index in [1.165, 1.54) is 6.92 Å². The van der Waals surface area contributed by atoms with E-state index in [9.17, 15) is 22.4 Å². The molecule has 0 radical (unpaired) electrons. The first-order valence-electron chi connectivity index (χ1n) is 7.59. The van der Waals surface area contributed by atoms with E-state index in [0.29, 0.717) is 12.8 Å². The molecule has 8 heteroatoms. The normalized spacial score (nSPS) is 21.4. The minimum atomic E-state index is -4.97. The lowest BCUT2D eigenvalue weighted by molar-refractivity contribution is -0.147. The van der Waals surface area contributed by atoms with E-state index in [0.717, 1.165) is 12.1 Å². The van der Waals surface area contributed by atoms with Crippen LogP contribution in [-0.2, 0) is 15.7 Å². The summed E-state index contributed by atoms with van der Waals surface area (Å²) in [5, 5.41) is 0. The predicted molar refractivity (Wildman–Crippen MR) is 76.3 cm³/mol. The van der Waals surface area contributed by atoms with Crippen molar-refractivity contribution in [1.29, 1.82) is 0 Å². The van der Waals surface area contributed by atoms with Gasteiger partial charge in [0, 0.05) is 0 Å². The molecule has 0 spiro atoms. The molecule has 1 aromatic carbocycles. The Kier molecular flexibility index (Phi) is 5.69. The number of esters is 1. The van der Waals surface area contributed by atoms with Crippen molar-refractivity contribution < 1.29 is 36.6 Å². The van der Waals surface area contributed by atoms with Gasteiger partial charge in [-0.05, 0) is 38.8 Å². The van der Waals surface area contributed by atoms with Crippen LogP contribution in [0.5, 0.6) is 11.5 Å². The molecule has 0 saturated carbocycles. The number of hydrogen-bond acceptors (Lipinski definition) is 4. The molecular formula is C16H18F4O4. The van der Waals surface area contributed by atoms with Gasteiger partial charge in [0.2, 0.25) is 0 Å². The first-order chi connectivity index (χ1) is 11.2. The number of alkyl halides is 3. The van der Waals surface area contributed by atoms with Crippen LogP contribution in [0.15, 0.2) is 12.1 Å². The molecule has 24 heavy (non-hydrogen) atoms. The average molecular weight is 350 g/mol. The third-order valence-electron chi connectivity index (χ3n) is 3.70. The minimum absolute atomic E-state index is 0.00749. The van der Waals surface area contributed by atoms with E-state index in [2.05, 4.69) is 0 Å². The van der Waals surface area contributed by atoms with Gasteiger partial charge in [-0.2, -0.15) is 13.2 Å². The standard InChI is InChI=1S/C16H18F4O4/c1-3-22-11-6-7-12(14(17)13(11)16(18,19)20)24-15(21)10-5-4-9(2)23-8-10/h6-7,9-10H,3-5,8H2,1-2H3. The SMILES string of the molecule is CCOc1ccc(OC(=O)C2CCC(C)OC2)c(F)c1C(F)(F)F. The van der Waals surface area contributed by atoms with E-state index in [4.69, 9.17) is 14.2 Å². The number of benzene rings is 1. The molecule has 0 N–H and O–H groups in total. The van der Waals surface area contributed by atoms with Gasteiger partial charge in [-0.1, -0.05) is 0 Å². The summed E-state index contributed by atoms with van der Waals surface area (Å²) >= 11 is 0. The fraction of sp³-hybridized carbons (Fsp3) is 0.562. The molecule has 2 rings (SSSR count). The molecule has 1 aromatic rings. The predicted octanol–water partition coefficient (Wildman–Crippen LogP) is 3.96. The first kappa shape index (κ1) is 18.5. The van der Waals surface area contributed by atoms with Crippen LogP contribution in [0.25, 0.3) is 0 Å². The lowest BCUT2D eigenvalue weighted by atomic mass is 9.99. The largest absolute Gasteiger partial charge is 0.493 e. The number of hydrogen-bond donors (Lipinski definition) is 0. The maximum atomic E-state index is 14.2. The molecule has 1 heterocycles. The number of ether oxygens (including phenoxy) is 3. The maximum Gasteiger partial charge on any atom is 0.422 e. The summed E-state index contributed by atoms with van der Waals surface area (Å²) in [5.41, 5.74) is -1.58. The highest BCUT2D eigenvalue weighted by Crippen LogP contribution is 2.41. The molecule has 4 nitrogen and oxygen atoms in total. The van der Waals surface area contributed by atoms with Gasteiger partial charge in [0.05, 0.1) is 25.2 Å². The quantitative estimate of drug-likeness (QED) is 0.468. The van der Waals surface area contributed by atoms with Crippen LogP contribution in [0, 0.1) is 11.7 Å². The number of carbonyl (C=O) groups is 1. The van der Waals surface area contributed by atoms with Crippen molar-refractivity contribution in [2.45, 2.75) is 39.0 Å². The lowest BCUT2D eigenvalue weighted by Gasteiger charge is -2.25. The monoisotopic (exact) mass is 350 g/mol. The Labute approximate surface area is 136 Å². The highest BCUT2D eigenvalue weighted by molar-refractivity contribution is 5.75. The Morgan fingerprint density at radius 2 is 1.96 bits per heavy atom. The van der Waals surface area contributed by atoms with E-state index in [-0.39, 0.29) is 19.3 Å². The summed E-state index contributed by atoms with van der Waals surface area (Å²) in [6, 6.07) is 1.90. The fourth-order valence-electron chi connectivity index (χ4n) is 2.42. The van der Waals surface area contributed by atoms with Crippen molar-refractivity contribution in [2.75, 3.05) is 13.2 Å². The Hall–Kier alpha value is -1.83. The van der Waals surface area contributed by atoms with Crippen LogP contribution < -0.4 is 9.47 Å². The summed E-state index contributed by atoms with van der Waals surface area (Å²) in [6.45, 7) is 3.38. The van der Waals surface area contributed by atoms with E-state index < -0.39 is 40.9 Å². The summed E-state index contributed by atoms with van der Waals surface area (Å²) in [7, 11) is 0. The lowest BCUT2D eigenvalue weighted by Crippen LogP contribution is -2.32. The van der Waals surface area contributed by atoms with Crippen molar-refractivity contribution in [3.8, 4) is 11.5 Å². The summed E-state index contributed by atoms with van der Waals surface area (Å²) < 4.78 is 68.4. The van der Waals surface area contributed by atoms with E-state index in [1.54, 1.807) is 0 Å². The van der Waals surface area contributed by atoms with Crippen LogP contribution in [0.2, 0.25) is 0 Å². The zero-order valence-electron chi connectivity index (χ0n) is 13.3.